The minimum absolute atomic E-state index is 0.124. The summed E-state index contributed by atoms with van der Waals surface area (Å²) < 4.78 is 17.4. The number of fused-ring (bicyclic) bond motifs is 2. The summed E-state index contributed by atoms with van der Waals surface area (Å²) in [6, 6.07) is 14.2. The van der Waals surface area contributed by atoms with Gasteiger partial charge in [-0.15, -0.1) is 0 Å². The normalized spacial score (nSPS) is 18.3. The minimum Gasteiger partial charge on any atom is -0.490 e. The third-order valence-electron chi connectivity index (χ3n) is 4.71. The molecule has 1 unspecified atom stereocenters. The molecule has 0 aliphatic carbocycles. The van der Waals surface area contributed by atoms with E-state index in [1.54, 1.807) is 7.05 Å². The van der Waals surface area contributed by atoms with Gasteiger partial charge >= 0.3 is 0 Å². The number of hydrogen-bond acceptors (Lipinski definition) is 4. The van der Waals surface area contributed by atoms with E-state index in [0.717, 1.165) is 41.6 Å². The van der Waals surface area contributed by atoms with E-state index in [-0.39, 0.29) is 6.10 Å². The van der Waals surface area contributed by atoms with Gasteiger partial charge in [-0.25, -0.2) is 0 Å². The maximum Gasteiger partial charge on any atom is 0.191 e. The molecule has 0 amide bonds. The number of guanidine groups is 1. The third-order valence-corrected chi connectivity index (χ3v) is 4.71. The fourth-order valence-electron chi connectivity index (χ4n) is 3.30. The van der Waals surface area contributed by atoms with Crippen molar-refractivity contribution in [3.8, 4) is 17.2 Å². The molecule has 2 N–H and O–H groups in total. The van der Waals surface area contributed by atoms with Gasteiger partial charge in [-0.3, -0.25) is 4.99 Å². The Labute approximate surface area is 159 Å². The van der Waals surface area contributed by atoms with Crippen LogP contribution in [0.5, 0.6) is 17.2 Å². The molecule has 6 nitrogen and oxygen atoms in total. The van der Waals surface area contributed by atoms with Gasteiger partial charge < -0.3 is 24.8 Å². The minimum atomic E-state index is 0.124. The molecule has 0 spiro atoms. The molecule has 0 fully saturated rings. The van der Waals surface area contributed by atoms with Crippen LogP contribution in [0.3, 0.4) is 0 Å². The molecule has 0 saturated heterocycles. The largest absolute Gasteiger partial charge is 0.490 e. The molecule has 142 valence electrons. The molecular weight excluding hydrogens is 342 g/mol. The summed E-state index contributed by atoms with van der Waals surface area (Å²) in [5.74, 6) is 3.37. The molecule has 1 atom stereocenters. The van der Waals surface area contributed by atoms with Crippen LogP contribution in [-0.2, 0) is 13.0 Å². The van der Waals surface area contributed by atoms with Crippen molar-refractivity contribution in [3.63, 3.8) is 0 Å². The number of rotatable bonds is 4. The van der Waals surface area contributed by atoms with Crippen molar-refractivity contribution in [2.75, 3.05) is 26.8 Å². The van der Waals surface area contributed by atoms with Gasteiger partial charge in [0.2, 0.25) is 0 Å². The summed E-state index contributed by atoms with van der Waals surface area (Å²) in [6.07, 6.45) is 1.95. The summed E-state index contributed by atoms with van der Waals surface area (Å²) in [5, 5.41) is 6.69. The Morgan fingerprint density at radius 2 is 1.89 bits per heavy atom. The summed E-state index contributed by atoms with van der Waals surface area (Å²) in [4.78, 5) is 4.30. The van der Waals surface area contributed by atoms with Crippen LogP contribution in [-0.4, -0.2) is 38.9 Å². The highest BCUT2D eigenvalue weighted by Gasteiger charge is 2.22. The maximum atomic E-state index is 5.96. The average molecular weight is 367 g/mol. The van der Waals surface area contributed by atoms with Crippen LogP contribution in [0.1, 0.15) is 17.5 Å². The molecule has 6 heteroatoms. The van der Waals surface area contributed by atoms with Gasteiger partial charge in [-0.05, 0) is 29.3 Å². The number of benzene rings is 2. The van der Waals surface area contributed by atoms with Crippen molar-refractivity contribution in [1.29, 1.82) is 0 Å². The first-order valence-electron chi connectivity index (χ1n) is 9.39. The van der Waals surface area contributed by atoms with Crippen molar-refractivity contribution in [3.05, 3.63) is 53.6 Å². The molecule has 0 radical (unpaired) electrons. The van der Waals surface area contributed by atoms with Gasteiger partial charge in [-0.1, -0.05) is 24.3 Å². The monoisotopic (exact) mass is 367 g/mol. The topological polar surface area (TPSA) is 64.1 Å². The molecule has 2 aromatic rings. The predicted octanol–water partition coefficient (Wildman–Crippen LogP) is 2.52. The van der Waals surface area contributed by atoms with Crippen molar-refractivity contribution in [1.82, 2.24) is 10.6 Å². The number of ether oxygens (including phenoxy) is 3. The Morgan fingerprint density at radius 3 is 2.74 bits per heavy atom. The SMILES string of the molecule is CN=C(NCc1ccc2c(c1)OCCCO2)NCC1Cc2ccccc2O1. The Hall–Kier alpha value is -2.89. The summed E-state index contributed by atoms with van der Waals surface area (Å²) in [5.41, 5.74) is 2.38. The van der Waals surface area contributed by atoms with E-state index in [1.165, 1.54) is 5.56 Å². The van der Waals surface area contributed by atoms with E-state index in [2.05, 4.69) is 21.7 Å². The highest BCUT2D eigenvalue weighted by Crippen LogP contribution is 2.30. The Kier molecular flexibility index (Phi) is 5.32. The summed E-state index contributed by atoms with van der Waals surface area (Å²) in [6.45, 7) is 2.75. The van der Waals surface area contributed by atoms with E-state index in [0.29, 0.717) is 26.3 Å². The van der Waals surface area contributed by atoms with E-state index in [4.69, 9.17) is 14.2 Å². The van der Waals surface area contributed by atoms with Crippen LogP contribution in [0.25, 0.3) is 0 Å². The smallest absolute Gasteiger partial charge is 0.191 e. The molecular formula is C21H25N3O3. The second kappa shape index (κ2) is 8.20. The number of nitrogens with one attached hydrogen (secondary N) is 2. The van der Waals surface area contributed by atoms with Crippen LogP contribution in [0.15, 0.2) is 47.5 Å². The van der Waals surface area contributed by atoms with E-state index < -0.39 is 0 Å². The fourth-order valence-corrected chi connectivity index (χ4v) is 3.30. The van der Waals surface area contributed by atoms with Crippen molar-refractivity contribution in [2.24, 2.45) is 4.99 Å². The second-order valence-corrected chi connectivity index (χ2v) is 6.69. The quantitative estimate of drug-likeness (QED) is 0.642. The van der Waals surface area contributed by atoms with E-state index in [1.807, 2.05) is 36.4 Å². The first-order chi connectivity index (χ1) is 13.3. The van der Waals surface area contributed by atoms with Gasteiger partial charge in [-0.2, -0.15) is 0 Å². The first-order valence-corrected chi connectivity index (χ1v) is 9.39. The lowest BCUT2D eigenvalue weighted by Gasteiger charge is -2.16. The third kappa shape index (κ3) is 4.27. The molecule has 2 aliphatic rings. The Morgan fingerprint density at radius 1 is 1.04 bits per heavy atom. The van der Waals surface area contributed by atoms with Crippen molar-refractivity contribution in [2.45, 2.75) is 25.5 Å². The zero-order valence-electron chi connectivity index (χ0n) is 15.5. The Bertz CT molecular complexity index is 797. The van der Waals surface area contributed by atoms with Crippen LogP contribution in [0.2, 0.25) is 0 Å². The van der Waals surface area contributed by atoms with Gasteiger partial charge in [0, 0.05) is 26.4 Å². The second-order valence-electron chi connectivity index (χ2n) is 6.69. The van der Waals surface area contributed by atoms with Gasteiger partial charge in [0.25, 0.3) is 0 Å². The number of hydrogen-bond donors (Lipinski definition) is 2. The summed E-state index contributed by atoms with van der Waals surface area (Å²) in [7, 11) is 1.77. The highest BCUT2D eigenvalue weighted by molar-refractivity contribution is 5.79. The van der Waals surface area contributed by atoms with E-state index >= 15 is 0 Å². The van der Waals surface area contributed by atoms with Crippen molar-refractivity contribution < 1.29 is 14.2 Å². The molecule has 0 aromatic heterocycles. The van der Waals surface area contributed by atoms with Crippen LogP contribution < -0.4 is 24.8 Å². The highest BCUT2D eigenvalue weighted by atomic mass is 16.5. The van der Waals surface area contributed by atoms with Crippen LogP contribution in [0, 0.1) is 0 Å². The lowest BCUT2D eigenvalue weighted by Crippen LogP contribution is -2.41. The lowest BCUT2D eigenvalue weighted by molar-refractivity contribution is 0.235. The maximum absolute atomic E-state index is 5.96. The average Bonchev–Trinajstić information content (AvgIpc) is 2.97. The predicted molar refractivity (Wildman–Crippen MR) is 105 cm³/mol. The molecule has 4 rings (SSSR count). The van der Waals surface area contributed by atoms with Crippen molar-refractivity contribution >= 4 is 5.96 Å². The van der Waals surface area contributed by atoms with Gasteiger partial charge in [0.1, 0.15) is 11.9 Å². The summed E-state index contributed by atoms with van der Waals surface area (Å²) >= 11 is 0. The number of aliphatic imine (C=N–C) groups is 1. The van der Waals surface area contributed by atoms with Gasteiger partial charge in [0.15, 0.2) is 17.5 Å². The zero-order valence-corrected chi connectivity index (χ0v) is 15.5. The Balaban J connectivity index is 1.28. The van der Waals surface area contributed by atoms with Gasteiger partial charge in [0.05, 0.1) is 19.8 Å². The zero-order chi connectivity index (χ0) is 18.5. The number of para-hydroxylation sites is 1. The molecule has 2 aliphatic heterocycles. The molecule has 27 heavy (non-hydrogen) atoms. The first kappa shape index (κ1) is 17.5. The standard InChI is InChI=1S/C21H25N3O3/c1-22-21(24-14-17-12-16-5-2-3-6-18(16)27-17)23-13-15-7-8-19-20(11-15)26-10-4-9-25-19/h2-3,5-8,11,17H,4,9-10,12-14H2,1H3,(H2,22,23,24). The fraction of sp³-hybridized carbons (Fsp3) is 0.381. The van der Waals surface area contributed by atoms with E-state index in [9.17, 15) is 0 Å². The molecule has 2 aromatic carbocycles. The number of nitrogens with zero attached hydrogens (tertiary/aromatic N) is 1. The lowest BCUT2D eigenvalue weighted by atomic mass is 10.1. The molecule has 0 saturated carbocycles. The van der Waals surface area contributed by atoms with Crippen LogP contribution in [0.4, 0.5) is 0 Å². The molecule has 0 bridgehead atoms. The van der Waals surface area contributed by atoms with Crippen LogP contribution >= 0.6 is 0 Å². The molecule has 2 heterocycles.